The van der Waals surface area contributed by atoms with Crippen LogP contribution < -0.4 is 20.3 Å². The summed E-state index contributed by atoms with van der Waals surface area (Å²) in [5.74, 6) is 1.39. The first-order valence-corrected chi connectivity index (χ1v) is 10.4. The number of methoxy groups -OCH3 is 1. The van der Waals surface area contributed by atoms with Gasteiger partial charge < -0.3 is 20.3 Å². The van der Waals surface area contributed by atoms with Crippen molar-refractivity contribution in [3.63, 3.8) is 0 Å². The van der Waals surface area contributed by atoms with Crippen molar-refractivity contribution in [1.82, 2.24) is 25.1 Å². The van der Waals surface area contributed by atoms with Crippen LogP contribution in [0, 0.1) is 0 Å². The molecule has 3 heterocycles. The molecule has 1 fully saturated rings. The van der Waals surface area contributed by atoms with Crippen molar-refractivity contribution in [3.05, 3.63) is 66.5 Å². The van der Waals surface area contributed by atoms with E-state index in [0.29, 0.717) is 12.5 Å². The zero-order valence-electron chi connectivity index (χ0n) is 17.5. The molecule has 0 spiro atoms. The third-order valence-corrected chi connectivity index (χ3v) is 5.47. The molecule has 2 aromatic heterocycles. The SMILES string of the molecule is COc1ccc(Cn2ncc3cnc(Nc4ccc(N5CCNCC5)cc4)nc32)cc1. The van der Waals surface area contributed by atoms with E-state index >= 15 is 0 Å². The highest BCUT2D eigenvalue weighted by atomic mass is 16.5. The zero-order valence-corrected chi connectivity index (χ0v) is 17.5. The van der Waals surface area contributed by atoms with Crippen molar-refractivity contribution in [2.75, 3.05) is 43.5 Å². The Balaban J connectivity index is 1.32. The molecule has 1 saturated heterocycles. The van der Waals surface area contributed by atoms with Crippen LogP contribution in [-0.4, -0.2) is 53.0 Å². The number of nitrogens with zero attached hydrogens (tertiary/aromatic N) is 5. The van der Waals surface area contributed by atoms with E-state index in [0.717, 1.165) is 54.2 Å². The summed E-state index contributed by atoms with van der Waals surface area (Å²) in [6, 6.07) is 16.4. The summed E-state index contributed by atoms with van der Waals surface area (Å²) in [5, 5.41) is 12.1. The standard InChI is InChI=1S/C23H25N7O/c1-31-21-8-2-17(3-9-21)16-30-22-18(15-26-30)14-25-23(28-22)27-19-4-6-20(7-5-19)29-12-10-24-11-13-29/h2-9,14-15,24H,10-13,16H2,1H3,(H,25,27,28). The summed E-state index contributed by atoms with van der Waals surface area (Å²) in [5.41, 5.74) is 4.12. The molecule has 2 N–H and O–H groups in total. The molecule has 0 amide bonds. The highest BCUT2D eigenvalue weighted by Crippen LogP contribution is 2.22. The van der Waals surface area contributed by atoms with Gasteiger partial charge in [0.2, 0.25) is 5.95 Å². The molecular weight excluding hydrogens is 390 g/mol. The monoisotopic (exact) mass is 415 g/mol. The van der Waals surface area contributed by atoms with Crippen LogP contribution in [0.3, 0.4) is 0 Å². The molecule has 0 saturated carbocycles. The first-order valence-electron chi connectivity index (χ1n) is 10.4. The molecule has 0 aliphatic carbocycles. The van der Waals surface area contributed by atoms with E-state index in [-0.39, 0.29) is 0 Å². The number of nitrogens with one attached hydrogen (secondary N) is 2. The highest BCUT2D eigenvalue weighted by Gasteiger charge is 2.11. The number of anilines is 3. The third-order valence-electron chi connectivity index (χ3n) is 5.47. The van der Waals surface area contributed by atoms with Crippen LogP contribution in [0.4, 0.5) is 17.3 Å². The third kappa shape index (κ3) is 4.29. The predicted molar refractivity (Wildman–Crippen MR) is 122 cm³/mol. The minimum Gasteiger partial charge on any atom is -0.497 e. The van der Waals surface area contributed by atoms with E-state index in [1.54, 1.807) is 19.5 Å². The fraction of sp³-hybridized carbons (Fsp3) is 0.261. The van der Waals surface area contributed by atoms with Gasteiger partial charge in [0.25, 0.3) is 0 Å². The van der Waals surface area contributed by atoms with Crippen molar-refractivity contribution in [2.45, 2.75) is 6.54 Å². The number of benzene rings is 2. The molecule has 4 aromatic rings. The minimum absolute atomic E-state index is 0.555. The van der Waals surface area contributed by atoms with Crippen LogP contribution in [-0.2, 0) is 6.54 Å². The molecule has 5 rings (SSSR count). The quantitative estimate of drug-likeness (QED) is 0.501. The minimum atomic E-state index is 0.555. The average molecular weight is 416 g/mol. The maximum absolute atomic E-state index is 5.23. The van der Waals surface area contributed by atoms with Crippen LogP contribution >= 0.6 is 0 Å². The van der Waals surface area contributed by atoms with Crippen molar-refractivity contribution in [1.29, 1.82) is 0 Å². The lowest BCUT2D eigenvalue weighted by atomic mass is 10.2. The van der Waals surface area contributed by atoms with E-state index in [2.05, 4.69) is 49.9 Å². The predicted octanol–water partition coefficient (Wildman–Crippen LogP) is 3.04. The van der Waals surface area contributed by atoms with E-state index in [4.69, 9.17) is 9.72 Å². The smallest absolute Gasteiger partial charge is 0.229 e. The molecule has 8 heteroatoms. The van der Waals surface area contributed by atoms with Gasteiger partial charge in [0, 0.05) is 43.8 Å². The lowest BCUT2D eigenvalue weighted by Crippen LogP contribution is -2.43. The number of piperazine rings is 1. The van der Waals surface area contributed by atoms with Gasteiger partial charge in [0.05, 0.1) is 25.2 Å². The van der Waals surface area contributed by atoms with Gasteiger partial charge in [0.1, 0.15) is 5.75 Å². The first-order chi connectivity index (χ1) is 15.3. The summed E-state index contributed by atoms with van der Waals surface area (Å²) in [6.45, 7) is 4.74. The Kier molecular flexibility index (Phi) is 5.37. The first kappa shape index (κ1) is 19.3. The maximum atomic E-state index is 5.23. The van der Waals surface area contributed by atoms with Crippen molar-refractivity contribution in [2.24, 2.45) is 0 Å². The zero-order chi connectivity index (χ0) is 21.0. The molecule has 2 aromatic carbocycles. The maximum Gasteiger partial charge on any atom is 0.229 e. The number of aromatic nitrogens is 4. The van der Waals surface area contributed by atoms with E-state index in [9.17, 15) is 0 Å². The second kappa shape index (κ2) is 8.61. The van der Waals surface area contributed by atoms with Gasteiger partial charge in [-0.2, -0.15) is 10.1 Å². The number of fused-ring (bicyclic) bond motifs is 1. The molecule has 0 unspecified atom stereocenters. The number of ether oxygens (including phenoxy) is 1. The molecule has 0 atom stereocenters. The van der Waals surface area contributed by atoms with Crippen molar-refractivity contribution < 1.29 is 4.74 Å². The summed E-state index contributed by atoms with van der Waals surface area (Å²) < 4.78 is 7.12. The number of rotatable bonds is 6. The Morgan fingerprint density at radius 1 is 1.00 bits per heavy atom. The van der Waals surface area contributed by atoms with E-state index in [1.165, 1.54) is 5.69 Å². The van der Waals surface area contributed by atoms with Crippen LogP contribution in [0.5, 0.6) is 5.75 Å². The molecule has 8 nitrogen and oxygen atoms in total. The average Bonchev–Trinajstić information content (AvgIpc) is 3.22. The normalized spacial score (nSPS) is 14.0. The molecule has 31 heavy (non-hydrogen) atoms. The van der Waals surface area contributed by atoms with Gasteiger partial charge in [-0.1, -0.05) is 12.1 Å². The van der Waals surface area contributed by atoms with Gasteiger partial charge in [-0.15, -0.1) is 0 Å². The molecular formula is C23H25N7O. The molecule has 1 aliphatic rings. The molecule has 1 aliphatic heterocycles. The largest absolute Gasteiger partial charge is 0.497 e. The van der Waals surface area contributed by atoms with E-state index in [1.807, 2.05) is 28.9 Å². The van der Waals surface area contributed by atoms with Crippen LogP contribution in [0.1, 0.15) is 5.56 Å². The summed E-state index contributed by atoms with van der Waals surface area (Å²) in [6.07, 6.45) is 3.60. The van der Waals surface area contributed by atoms with Gasteiger partial charge in [-0.3, -0.25) is 0 Å². The van der Waals surface area contributed by atoms with Crippen LogP contribution in [0.25, 0.3) is 11.0 Å². The van der Waals surface area contributed by atoms with Crippen LogP contribution in [0.2, 0.25) is 0 Å². The second-order valence-corrected chi connectivity index (χ2v) is 7.53. The molecule has 0 radical (unpaired) electrons. The lowest BCUT2D eigenvalue weighted by Gasteiger charge is -2.29. The van der Waals surface area contributed by atoms with Gasteiger partial charge in [-0.25, -0.2) is 9.67 Å². The highest BCUT2D eigenvalue weighted by molar-refractivity contribution is 5.75. The van der Waals surface area contributed by atoms with Crippen LogP contribution in [0.15, 0.2) is 60.9 Å². The second-order valence-electron chi connectivity index (χ2n) is 7.53. The van der Waals surface area contributed by atoms with E-state index < -0.39 is 0 Å². The van der Waals surface area contributed by atoms with Gasteiger partial charge in [0.15, 0.2) is 5.65 Å². The topological polar surface area (TPSA) is 80.1 Å². The number of hydrogen-bond acceptors (Lipinski definition) is 7. The van der Waals surface area contributed by atoms with Crippen molar-refractivity contribution in [3.8, 4) is 5.75 Å². The number of hydrogen-bond donors (Lipinski definition) is 2. The van der Waals surface area contributed by atoms with Gasteiger partial charge in [-0.05, 0) is 42.0 Å². The fourth-order valence-corrected chi connectivity index (χ4v) is 3.75. The Hall–Kier alpha value is -3.65. The van der Waals surface area contributed by atoms with Crippen molar-refractivity contribution >= 4 is 28.4 Å². The van der Waals surface area contributed by atoms with Gasteiger partial charge >= 0.3 is 0 Å². The Morgan fingerprint density at radius 3 is 2.52 bits per heavy atom. The molecule has 158 valence electrons. The summed E-state index contributed by atoms with van der Waals surface area (Å²) in [4.78, 5) is 11.5. The fourth-order valence-electron chi connectivity index (χ4n) is 3.75. The Bertz CT molecular complexity index is 1150. The Morgan fingerprint density at radius 2 is 1.77 bits per heavy atom. The summed E-state index contributed by atoms with van der Waals surface area (Å²) in [7, 11) is 1.67. The molecule has 0 bridgehead atoms. The summed E-state index contributed by atoms with van der Waals surface area (Å²) >= 11 is 0. The lowest BCUT2D eigenvalue weighted by molar-refractivity contribution is 0.414. The Labute approximate surface area is 180 Å².